The minimum Gasteiger partial charge on any atom is -0.381 e. The topological polar surface area (TPSA) is 53.2 Å². The summed E-state index contributed by atoms with van der Waals surface area (Å²) in [4.78, 5) is 12.5. The highest BCUT2D eigenvalue weighted by molar-refractivity contribution is 5.97. The van der Waals surface area contributed by atoms with Gasteiger partial charge in [0.15, 0.2) is 0 Å². The van der Waals surface area contributed by atoms with Crippen molar-refractivity contribution in [2.24, 2.45) is 11.3 Å². The Kier molecular flexibility index (Phi) is 4.08. The second kappa shape index (κ2) is 5.88. The number of carbonyl (C=O) groups excluding carboxylic acids is 1. The maximum absolute atomic E-state index is 13.5. The lowest BCUT2D eigenvalue weighted by atomic mass is 9.92. The van der Waals surface area contributed by atoms with E-state index in [0.717, 1.165) is 38.0 Å². The molecule has 0 aromatic heterocycles. The van der Waals surface area contributed by atoms with Gasteiger partial charge in [-0.05, 0) is 69.8 Å². The summed E-state index contributed by atoms with van der Waals surface area (Å²) in [5.41, 5.74) is 1.49. The zero-order chi connectivity index (χ0) is 15.7. The molecule has 1 aliphatic heterocycles. The summed E-state index contributed by atoms with van der Waals surface area (Å²) < 4.78 is 13.5. The van der Waals surface area contributed by atoms with Crippen LogP contribution >= 0.6 is 0 Å². The monoisotopic (exact) mass is 305 g/mol. The van der Waals surface area contributed by atoms with Crippen LogP contribution in [0.3, 0.4) is 0 Å². The largest absolute Gasteiger partial charge is 0.381 e. The number of nitrogens with one attached hydrogen (secondary N) is 3. The van der Waals surface area contributed by atoms with E-state index in [1.807, 2.05) is 13.8 Å². The SMILES string of the molecule is CC(C)Nc1ccc(F)cc1NC(=O)C1CC12CCNCC2. The molecule has 1 aliphatic carbocycles. The van der Waals surface area contributed by atoms with Gasteiger partial charge in [0.25, 0.3) is 0 Å². The Labute approximate surface area is 130 Å². The predicted octanol–water partition coefficient (Wildman–Crippen LogP) is 2.97. The second-order valence-electron chi connectivity index (χ2n) is 6.85. The minimum atomic E-state index is -0.336. The zero-order valence-corrected chi connectivity index (χ0v) is 13.2. The number of amides is 1. The highest BCUT2D eigenvalue weighted by atomic mass is 19.1. The Hall–Kier alpha value is -1.62. The van der Waals surface area contributed by atoms with Gasteiger partial charge in [-0.1, -0.05) is 0 Å². The summed E-state index contributed by atoms with van der Waals surface area (Å²) in [5, 5.41) is 9.51. The second-order valence-corrected chi connectivity index (χ2v) is 6.85. The number of piperidine rings is 1. The summed E-state index contributed by atoms with van der Waals surface area (Å²) in [6.45, 7) is 6.01. The van der Waals surface area contributed by atoms with Crippen LogP contribution in [0.15, 0.2) is 18.2 Å². The molecule has 1 spiro atoms. The van der Waals surface area contributed by atoms with E-state index < -0.39 is 0 Å². The molecule has 0 radical (unpaired) electrons. The number of halogens is 1. The third-order valence-electron chi connectivity index (χ3n) is 4.79. The lowest BCUT2D eigenvalue weighted by molar-refractivity contribution is -0.118. The van der Waals surface area contributed by atoms with Crippen LogP contribution < -0.4 is 16.0 Å². The number of benzene rings is 1. The van der Waals surface area contributed by atoms with Gasteiger partial charge in [-0.15, -0.1) is 0 Å². The van der Waals surface area contributed by atoms with Crippen LogP contribution in [0.2, 0.25) is 0 Å². The third kappa shape index (κ3) is 3.09. The summed E-state index contributed by atoms with van der Waals surface area (Å²) >= 11 is 0. The van der Waals surface area contributed by atoms with Crippen LogP contribution in [-0.4, -0.2) is 25.0 Å². The normalized spacial score (nSPS) is 22.6. The molecule has 1 unspecified atom stereocenters. The molecule has 2 fully saturated rings. The van der Waals surface area contributed by atoms with E-state index in [1.165, 1.54) is 12.1 Å². The van der Waals surface area contributed by atoms with E-state index >= 15 is 0 Å². The Bertz CT molecular complexity index is 567. The van der Waals surface area contributed by atoms with Crippen molar-refractivity contribution in [2.45, 2.75) is 39.2 Å². The molecule has 22 heavy (non-hydrogen) atoms. The number of hydrogen-bond donors (Lipinski definition) is 3. The highest BCUT2D eigenvalue weighted by Crippen LogP contribution is 2.58. The highest BCUT2D eigenvalue weighted by Gasteiger charge is 2.57. The molecule has 1 aromatic carbocycles. The van der Waals surface area contributed by atoms with E-state index in [9.17, 15) is 9.18 Å². The maximum atomic E-state index is 13.5. The quantitative estimate of drug-likeness (QED) is 0.801. The Morgan fingerprint density at radius 2 is 2.05 bits per heavy atom. The Balaban J connectivity index is 1.70. The van der Waals surface area contributed by atoms with Crippen LogP contribution in [0, 0.1) is 17.2 Å². The first-order valence-electron chi connectivity index (χ1n) is 8.08. The van der Waals surface area contributed by atoms with Gasteiger partial charge in [0, 0.05) is 12.0 Å². The maximum Gasteiger partial charge on any atom is 0.228 e. The van der Waals surface area contributed by atoms with Crippen LogP contribution in [0.1, 0.15) is 33.1 Å². The van der Waals surface area contributed by atoms with Crippen molar-refractivity contribution in [3.8, 4) is 0 Å². The number of hydrogen-bond acceptors (Lipinski definition) is 3. The van der Waals surface area contributed by atoms with Gasteiger partial charge in [-0.25, -0.2) is 4.39 Å². The standard InChI is InChI=1S/C17H24FN3O/c1-11(2)20-14-4-3-12(18)9-15(14)21-16(22)13-10-17(13)5-7-19-8-6-17/h3-4,9,11,13,19-20H,5-8,10H2,1-2H3,(H,21,22). The molecule has 5 heteroatoms. The predicted molar refractivity (Wildman–Crippen MR) is 86.4 cm³/mol. The zero-order valence-electron chi connectivity index (χ0n) is 13.2. The summed E-state index contributed by atoms with van der Waals surface area (Å²) in [6.07, 6.45) is 3.08. The summed E-state index contributed by atoms with van der Waals surface area (Å²) in [6, 6.07) is 4.70. The molecule has 120 valence electrons. The minimum absolute atomic E-state index is 0.0271. The molecule has 1 saturated heterocycles. The summed E-state index contributed by atoms with van der Waals surface area (Å²) in [7, 11) is 0. The molecule has 1 amide bonds. The van der Waals surface area contributed by atoms with Gasteiger partial charge in [0.1, 0.15) is 5.82 Å². The molecule has 4 nitrogen and oxygen atoms in total. The molecule has 1 aromatic rings. The van der Waals surface area contributed by atoms with Crippen molar-refractivity contribution in [2.75, 3.05) is 23.7 Å². The van der Waals surface area contributed by atoms with Gasteiger partial charge in [0.2, 0.25) is 5.91 Å². The van der Waals surface area contributed by atoms with E-state index in [4.69, 9.17) is 0 Å². The van der Waals surface area contributed by atoms with Crippen molar-refractivity contribution >= 4 is 17.3 Å². The fraction of sp³-hybridized carbons (Fsp3) is 0.588. The van der Waals surface area contributed by atoms with Gasteiger partial charge < -0.3 is 16.0 Å². The van der Waals surface area contributed by atoms with Crippen molar-refractivity contribution in [1.82, 2.24) is 5.32 Å². The number of anilines is 2. The van der Waals surface area contributed by atoms with Crippen LogP contribution in [0.25, 0.3) is 0 Å². The van der Waals surface area contributed by atoms with Crippen molar-refractivity contribution in [1.29, 1.82) is 0 Å². The van der Waals surface area contributed by atoms with Crippen molar-refractivity contribution in [3.63, 3.8) is 0 Å². The molecule has 3 N–H and O–H groups in total. The van der Waals surface area contributed by atoms with E-state index in [-0.39, 0.29) is 29.1 Å². The van der Waals surface area contributed by atoms with Crippen LogP contribution in [0.5, 0.6) is 0 Å². The molecule has 0 bridgehead atoms. The lowest BCUT2D eigenvalue weighted by Crippen LogP contribution is -2.31. The summed E-state index contributed by atoms with van der Waals surface area (Å²) in [5.74, 6) is -0.235. The Morgan fingerprint density at radius 1 is 1.32 bits per heavy atom. The molecule has 1 saturated carbocycles. The average molecular weight is 305 g/mol. The third-order valence-corrected chi connectivity index (χ3v) is 4.79. The molecule has 1 heterocycles. The van der Waals surface area contributed by atoms with E-state index in [1.54, 1.807) is 6.07 Å². The van der Waals surface area contributed by atoms with E-state index in [0.29, 0.717) is 5.69 Å². The van der Waals surface area contributed by atoms with Crippen LogP contribution in [0.4, 0.5) is 15.8 Å². The average Bonchev–Trinajstić information content (AvgIpc) is 3.16. The Morgan fingerprint density at radius 3 is 2.73 bits per heavy atom. The number of carbonyl (C=O) groups is 1. The fourth-order valence-corrected chi connectivity index (χ4v) is 3.47. The van der Waals surface area contributed by atoms with E-state index in [2.05, 4.69) is 16.0 Å². The van der Waals surface area contributed by atoms with Gasteiger partial charge in [-0.2, -0.15) is 0 Å². The smallest absolute Gasteiger partial charge is 0.228 e. The first-order valence-corrected chi connectivity index (χ1v) is 8.08. The van der Waals surface area contributed by atoms with Crippen molar-refractivity contribution < 1.29 is 9.18 Å². The van der Waals surface area contributed by atoms with Crippen molar-refractivity contribution in [3.05, 3.63) is 24.0 Å². The molecule has 2 aliphatic rings. The first kappa shape index (κ1) is 15.3. The van der Waals surface area contributed by atoms with Gasteiger partial charge in [0.05, 0.1) is 11.4 Å². The lowest BCUT2D eigenvalue weighted by Gasteiger charge is -2.23. The van der Waals surface area contributed by atoms with Gasteiger partial charge >= 0.3 is 0 Å². The van der Waals surface area contributed by atoms with Crippen LogP contribution in [-0.2, 0) is 4.79 Å². The first-order chi connectivity index (χ1) is 10.5. The van der Waals surface area contributed by atoms with Gasteiger partial charge in [-0.3, -0.25) is 4.79 Å². The fourth-order valence-electron chi connectivity index (χ4n) is 3.47. The molecule has 3 rings (SSSR count). The molecular formula is C17H24FN3O. The molecular weight excluding hydrogens is 281 g/mol. The molecule has 1 atom stereocenters. The number of rotatable bonds is 4.